The van der Waals surface area contributed by atoms with E-state index in [1.54, 1.807) is 6.07 Å². The molecule has 13 heteroatoms. The number of nitriles is 1. The van der Waals surface area contributed by atoms with E-state index in [0.29, 0.717) is 41.0 Å². The number of nitrogens with one attached hydrogen (secondary N) is 1. The summed E-state index contributed by atoms with van der Waals surface area (Å²) in [5.74, 6) is -23.5. The second-order valence-electron chi connectivity index (χ2n) is 6.34. The van der Waals surface area contributed by atoms with Crippen molar-refractivity contribution in [2.75, 3.05) is 5.32 Å². The number of rotatable bonds is 4. The first kappa shape index (κ1) is 22.3. The van der Waals surface area contributed by atoms with Gasteiger partial charge in [-0.25, -0.2) is 0 Å². The molecule has 1 aromatic heterocycles. The number of carbonyl (C=O) groups is 1. The summed E-state index contributed by atoms with van der Waals surface area (Å²) in [4.78, 5) is 12.1. The highest BCUT2D eigenvalue weighted by Crippen LogP contribution is 2.53. The van der Waals surface area contributed by atoms with Gasteiger partial charge < -0.3 is 5.32 Å². The quantitative estimate of drug-likeness (QED) is 0.661. The van der Waals surface area contributed by atoms with Gasteiger partial charge in [-0.15, -0.1) is 11.3 Å². The van der Waals surface area contributed by atoms with E-state index < -0.39 is 34.9 Å². The molecule has 28 heavy (non-hydrogen) atoms. The SMILES string of the molecule is C[C@H]1CCc2c(sc(NC(=O)C(F)(F)C(F)(F)C(F)(F)C(F)(F)F)c2C#N)C1. The van der Waals surface area contributed by atoms with Crippen LogP contribution in [0, 0.1) is 17.2 Å². The first-order valence-electron chi connectivity index (χ1n) is 7.64. The molecule has 1 N–H and O–H groups in total. The summed E-state index contributed by atoms with van der Waals surface area (Å²) in [5.41, 5.74) is 0.0959. The molecule has 0 fully saturated rings. The van der Waals surface area contributed by atoms with Crippen LogP contribution in [0.25, 0.3) is 0 Å². The number of halogens is 9. The Balaban J connectivity index is 2.38. The highest BCUT2D eigenvalue weighted by molar-refractivity contribution is 7.16. The average Bonchev–Trinajstić information content (AvgIpc) is 2.89. The average molecular weight is 438 g/mol. The van der Waals surface area contributed by atoms with Crippen molar-refractivity contribution < 1.29 is 44.3 Å². The molecule has 0 saturated heterocycles. The molecule has 1 heterocycles. The minimum absolute atomic E-state index is 0.150. The van der Waals surface area contributed by atoms with Crippen molar-refractivity contribution in [3.8, 4) is 6.07 Å². The van der Waals surface area contributed by atoms with Crippen molar-refractivity contribution in [2.24, 2.45) is 5.92 Å². The van der Waals surface area contributed by atoms with Gasteiger partial charge in [0, 0.05) is 4.88 Å². The summed E-state index contributed by atoms with van der Waals surface area (Å²) in [6, 6.07) is 1.60. The van der Waals surface area contributed by atoms with Gasteiger partial charge in [-0.2, -0.15) is 44.8 Å². The van der Waals surface area contributed by atoms with Crippen molar-refractivity contribution in [3.63, 3.8) is 0 Å². The van der Waals surface area contributed by atoms with Crippen LogP contribution >= 0.6 is 11.3 Å². The molecule has 1 atom stereocenters. The molecular formula is C15H11F9N2OS. The third kappa shape index (κ3) is 3.31. The van der Waals surface area contributed by atoms with Crippen LogP contribution in [0.3, 0.4) is 0 Å². The number of carbonyl (C=O) groups excluding carboxylic acids is 1. The fourth-order valence-corrected chi connectivity index (χ4v) is 4.01. The number of alkyl halides is 9. The molecule has 3 nitrogen and oxygen atoms in total. The van der Waals surface area contributed by atoms with Gasteiger partial charge in [-0.3, -0.25) is 4.79 Å². The van der Waals surface area contributed by atoms with E-state index in [0.717, 1.165) is 0 Å². The lowest BCUT2D eigenvalue weighted by atomic mass is 9.88. The Labute approximate surface area is 156 Å². The molecule has 1 aliphatic rings. The number of nitrogens with zero attached hydrogens (tertiary/aromatic N) is 1. The van der Waals surface area contributed by atoms with Crippen LogP contribution < -0.4 is 5.32 Å². The smallest absolute Gasteiger partial charge is 0.311 e. The van der Waals surface area contributed by atoms with Crippen molar-refractivity contribution in [1.29, 1.82) is 5.26 Å². The largest absolute Gasteiger partial charge is 0.460 e. The van der Waals surface area contributed by atoms with E-state index in [1.165, 1.54) is 5.32 Å². The lowest BCUT2D eigenvalue weighted by molar-refractivity contribution is -0.388. The highest BCUT2D eigenvalue weighted by atomic mass is 32.1. The fourth-order valence-electron chi connectivity index (χ4n) is 2.66. The van der Waals surface area contributed by atoms with Crippen LogP contribution in [0.4, 0.5) is 44.5 Å². The molecule has 0 saturated carbocycles. The Morgan fingerprint density at radius 2 is 1.68 bits per heavy atom. The van der Waals surface area contributed by atoms with Crippen molar-refractivity contribution in [3.05, 3.63) is 16.0 Å². The van der Waals surface area contributed by atoms with Gasteiger partial charge in [0.2, 0.25) is 0 Å². The summed E-state index contributed by atoms with van der Waals surface area (Å²) in [5, 5.41) is 9.77. The Bertz CT molecular complexity index is 823. The summed E-state index contributed by atoms with van der Waals surface area (Å²) in [7, 11) is 0. The van der Waals surface area contributed by atoms with Gasteiger partial charge in [0.25, 0.3) is 0 Å². The second-order valence-corrected chi connectivity index (χ2v) is 7.45. The predicted molar refractivity (Wildman–Crippen MR) is 79.7 cm³/mol. The number of hydrogen-bond acceptors (Lipinski definition) is 3. The van der Waals surface area contributed by atoms with Crippen LogP contribution in [0.1, 0.15) is 29.3 Å². The molecule has 0 bridgehead atoms. The Morgan fingerprint density at radius 1 is 1.11 bits per heavy atom. The van der Waals surface area contributed by atoms with E-state index in [9.17, 15) is 44.3 Å². The number of thiophene rings is 1. The normalized spacial score (nSPS) is 18.4. The number of anilines is 1. The van der Waals surface area contributed by atoms with E-state index in [-0.39, 0.29) is 11.5 Å². The van der Waals surface area contributed by atoms with Gasteiger partial charge in [-0.05, 0) is 30.7 Å². The first-order chi connectivity index (χ1) is 12.6. The molecule has 0 aliphatic heterocycles. The monoisotopic (exact) mass is 438 g/mol. The standard InChI is InChI=1S/C15H11F9N2OS/c1-6-2-3-7-8(5-25)10(28-9(7)4-6)26-11(27)12(16,17)13(18,19)14(20,21)15(22,23)24/h6H,2-4H2,1H3,(H,26,27)/t6-/m0/s1. The second kappa shape index (κ2) is 6.82. The molecule has 1 aliphatic carbocycles. The maximum atomic E-state index is 13.7. The van der Waals surface area contributed by atoms with Crippen LogP contribution in [0.15, 0.2) is 0 Å². The van der Waals surface area contributed by atoms with Crippen molar-refractivity contribution >= 4 is 22.2 Å². The molecular weight excluding hydrogens is 427 g/mol. The molecule has 156 valence electrons. The van der Waals surface area contributed by atoms with Gasteiger partial charge in [0.15, 0.2) is 0 Å². The van der Waals surface area contributed by atoms with Gasteiger partial charge in [-0.1, -0.05) is 6.92 Å². The van der Waals surface area contributed by atoms with Crippen LogP contribution in [-0.4, -0.2) is 29.9 Å². The summed E-state index contributed by atoms with van der Waals surface area (Å²) >= 11 is 0.616. The topological polar surface area (TPSA) is 52.9 Å². The van der Waals surface area contributed by atoms with E-state index >= 15 is 0 Å². The van der Waals surface area contributed by atoms with E-state index in [1.807, 2.05) is 6.92 Å². The number of amides is 1. The lowest BCUT2D eigenvalue weighted by Crippen LogP contribution is -2.64. The molecule has 1 amide bonds. The van der Waals surface area contributed by atoms with E-state index in [4.69, 9.17) is 5.26 Å². The van der Waals surface area contributed by atoms with Crippen LogP contribution in [-0.2, 0) is 17.6 Å². The molecule has 0 spiro atoms. The predicted octanol–water partition coefficient (Wildman–Crippen LogP) is 5.15. The zero-order valence-corrected chi connectivity index (χ0v) is 14.7. The van der Waals surface area contributed by atoms with Gasteiger partial charge in [0.05, 0.1) is 5.56 Å². The van der Waals surface area contributed by atoms with Crippen LogP contribution in [0.5, 0.6) is 0 Å². The zero-order chi connectivity index (χ0) is 21.7. The van der Waals surface area contributed by atoms with E-state index in [2.05, 4.69) is 0 Å². The van der Waals surface area contributed by atoms with Gasteiger partial charge >= 0.3 is 29.9 Å². The van der Waals surface area contributed by atoms with Crippen molar-refractivity contribution in [2.45, 2.75) is 50.1 Å². The van der Waals surface area contributed by atoms with Crippen molar-refractivity contribution in [1.82, 2.24) is 0 Å². The summed E-state index contributed by atoms with van der Waals surface area (Å²) in [6.45, 7) is 1.85. The Morgan fingerprint density at radius 3 is 2.18 bits per heavy atom. The zero-order valence-electron chi connectivity index (χ0n) is 13.9. The minimum atomic E-state index is -7.16. The maximum Gasteiger partial charge on any atom is 0.460 e. The highest BCUT2D eigenvalue weighted by Gasteiger charge is 2.83. The number of hydrogen-bond donors (Lipinski definition) is 1. The molecule has 1 aromatic rings. The number of fused-ring (bicyclic) bond motifs is 1. The summed E-state index contributed by atoms with van der Waals surface area (Å²) in [6.07, 6.45) is -5.65. The molecule has 0 unspecified atom stereocenters. The third-order valence-electron chi connectivity index (χ3n) is 4.28. The lowest BCUT2D eigenvalue weighted by Gasteiger charge is -2.32. The third-order valence-corrected chi connectivity index (χ3v) is 5.45. The molecule has 0 radical (unpaired) electrons. The Kier molecular flexibility index (Phi) is 5.44. The first-order valence-corrected chi connectivity index (χ1v) is 8.45. The Hall–Kier alpha value is -1.97. The summed E-state index contributed by atoms with van der Waals surface area (Å²) < 4.78 is 116. The molecule has 2 rings (SSSR count). The van der Waals surface area contributed by atoms with Gasteiger partial charge in [0.1, 0.15) is 11.1 Å². The molecule has 0 aromatic carbocycles. The minimum Gasteiger partial charge on any atom is -0.311 e. The maximum absolute atomic E-state index is 13.7. The fraction of sp³-hybridized carbons (Fsp3) is 0.600. The van der Waals surface area contributed by atoms with Crippen LogP contribution in [0.2, 0.25) is 0 Å².